The van der Waals surface area contributed by atoms with Crippen LogP contribution in [0.1, 0.15) is 24.0 Å². The minimum absolute atomic E-state index is 0.291. The summed E-state index contributed by atoms with van der Waals surface area (Å²) in [6.07, 6.45) is 3.65. The predicted octanol–water partition coefficient (Wildman–Crippen LogP) is 4.32. The van der Waals surface area contributed by atoms with Crippen LogP contribution in [0.15, 0.2) is 42.5 Å². The zero-order valence-corrected chi connectivity index (χ0v) is 14.5. The zero-order chi connectivity index (χ0) is 16.8. The molecule has 0 saturated carbocycles. The molecule has 0 spiro atoms. The molecular weight excluding hydrogens is 322 g/mol. The molecule has 1 saturated heterocycles. The summed E-state index contributed by atoms with van der Waals surface area (Å²) in [4.78, 5) is 13.1. The number of carbonyl (C=O) groups excluding carboxylic acids is 1. The van der Waals surface area contributed by atoms with E-state index in [-0.39, 0.29) is 0 Å². The highest BCUT2D eigenvalue weighted by atomic mass is 35.5. The predicted molar refractivity (Wildman–Crippen MR) is 97.1 cm³/mol. The molecule has 2 aromatic carbocycles. The van der Waals surface area contributed by atoms with Crippen LogP contribution in [0, 0.1) is 0 Å². The number of benzene rings is 2. The fourth-order valence-corrected chi connectivity index (χ4v) is 3.38. The number of carbonyl (C=O) groups is 1. The topological polar surface area (TPSA) is 29.5 Å². The smallest absolute Gasteiger partial charge is 0.293 e. The Labute approximate surface area is 148 Å². The second-order valence-corrected chi connectivity index (χ2v) is 6.64. The summed E-state index contributed by atoms with van der Waals surface area (Å²) in [5, 5.41) is 0.715. The fraction of sp³-hybridized carbons (Fsp3) is 0.350. The van der Waals surface area contributed by atoms with Crippen LogP contribution in [0.25, 0.3) is 11.1 Å². The number of hydrogen-bond acceptors (Lipinski definition) is 3. The Morgan fingerprint density at radius 1 is 1.08 bits per heavy atom. The molecule has 1 aliphatic rings. The van der Waals surface area contributed by atoms with E-state index in [1.807, 2.05) is 24.3 Å². The van der Waals surface area contributed by atoms with E-state index in [2.05, 4.69) is 23.1 Å². The molecule has 0 bridgehead atoms. The number of halogens is 1. The molecule has 3 nitrogen and oxygen atoms in total. The summed E-state index contributed by atoms with van der Waals surface area (Å²) in [6.45, 7) is 4.31. The monoisotopic (exact) mass is 343 g/mol. The first-order chi connectivity index (χ1) is 11.8. The molecule has 0 radical (unpaired) electrons. The quantitative estimate of drug-likeness (QED) is 0.701. The van der Waals surface area contributed by atoms with E-state index >= 15 is 0 Å². The molecule has 0 aromatic heterocycles. The molecule has 0 amide bonds. The van der Waals surface area contributed by atoms with Gasteiger partial charge in [-0.2, -0.15) is 0 Å². The second kappa shape index (κ2) is 8.32. The molecule has 0 N–H and O–H groups in total. The maximum absolute atomic E-state index is 10.6. The van der Waals surface area contributed by atoms with Gasteiger partial charge in [-0.3, -0.25) is 4.79 Å². The van der Waals surface area contributed by atoms with Gasteiger partial charge < -0.3 is 9.64 Å². The molecule has 1 aliphatic heterocycles. The maximum Gasteiger partial charge on any atom is 0.293 e. The van der Waals surface area contributed by atoms with Crippen LogP contribution in [0.3, 0.4) is 0 Å². The first-order valence-electron chi connectivity index (χ1n) is 8.41. The van der Waals surface area contributed by atoms with Crippen molar-refractivity contribution in [2.45, 2.75) is 25.9 Å². The van der Waals surface area contributed by atoms with Crippen LogP contribution in [0.4, 0.5) is 0 Å². The first-order valence-corrected chi connectivity index (χ1v) is 8.79. The minimum atomic E-state index is 0.291. The largest absolute Gasteiger partial charge is 0.463 e. The van der Waals surface area contributed by atoms with E-state index < -0.39 is 0 Å². The summed E-state index contributed by atoms with van der Waals surface area (Å²) < 4.78 is 5.02. The van der Waals surface area contributed by atoms with Gasteiger partial charge >= 0.3 is 0 Å². The Balaban J connectivity index is 1.79. The van der Waals surface area contributed by atoms with Gasteiger partial charge in [0.15, 0.2) is 0 Å². The van der Waals surface area contributed by atoms with Gasteiger partial charge in [0.1, 0.15) is 6.61 Å². The van der Waals surface area contributed by atoms with Crippen LogP contribution in [0.2, 0.25) is 5.02 Å². The Hall–Kier alpha value is -1.84. The average Bonchev–Trinajstić information content (AvgIpc) is 3.12. The molecule has 24 heavy (non-hydrogen) atoms. The van der Waals surface area contributed by atoms with Gasteiger partial charge in [0.25, 0.3) is 6.47 Å². The number of likely N-dealkylation sites (tertiary alicyclic amines) is 1. The van der Waals surface area contributed by atoms with E-state index in [9.17, 15) is 4.79 Å². The van der Waals surface area contributed by atoms with Gasteiger partial charge in [0.05, 0.1) is 0 Å². The third-order valence-corrected chi connectivity index (χ3v) is 4.80. The van der Waals surface area contributed by atoms with Gasteiger partial charge in [-0.15, -0.1) is 0 Å². The van der Waals surface area contributed by atoms with E-state index in [0.29, 0.717) is 18.1 Å². The van der Waals surface area contributed by atoms with E-state index in [4.69, 9.17) is 16.3 Å². The zero-order valence-electron chi connectivity index (χ0n) is 13.7. The highest BCUT2D eigenvalue weighted by Crippen LogP contribution is 2.27. The maximum atomic E-state index is 10.6. The van der Waals surface area contributed by atoms with Crippen LogP contribution in [-0.2, 0) is 22.6 Å². The van der Waals surface area contributed by atoms with Crippen molar-refractivity contribution in [1.82, 2.24) is 4.90 Å². The fourth-order valence-electron chi connectivity index (χ4n) is 3.25. The molecule has 2 aromatic rings. The molecule has 4 heteroatoms. The molecular formula is C20H22ClNO2. The summed E-state index contributed by atoms with van der Waals surface area (Å²) in [6, 6.07) is 14.2. The van der Waals surface area contributed by atoms with Crippen molar-refractivity contribution in [1.29, 1.82) is 0 Å². The van der Waals surface area contributed by atoms with Gasteiger partial charge in [-0.1, -0.05) is 41.9 Å². The lowest BCUT2D eigenvalue weighted by atomic mass is 9.97. The third-order valence-electron chi connectivity index (χ3n) is 4.55. The standard InChI is InChI=1S/C20H22ClNO2/c21-19-6-4-17(5-7-19)20-8-3-16(13-18(20)14-24-15-23)9-12-22-10-1-2-11-22/h3-8,13,15H,1-2,9-12,14H2. The van der Waals surface area contributed by atoms with E-state index in [1.165, 1.54) is 31.5 Å². The van der Waals surface area contributed by atoms with Gasteiger partial charge in [0.2, 0.25) is 0 Å². The SMILES string of the molecule is O=COCc1cc(CCN2CCCC2)ccc1-c1ccc(Cl)cc1. The number of nitrogens with zero attached hydrogens (tertiary/aromatic N) is 1. The van der Waals surface area contributed by atoms with Crippen molar-refractivity contribution >= 4 is 18.1 Å². The van der Waals surface area contributed by atoms with Gasteiger partial charge in [-0.05, 0) is 66.7 Å². The van der Waals surface area contributed by atoms with Gasteiger partial charge in [-0.25, -0.2) is 0 Å². The highest BCUT2D eigenvalue weighted by Gasteiger charge is 2.12. The van der Waals surface area contributed by atoms with Crippen LogP contribution >= 0.6 is 11.6 Å². The summed E-state index contributed by atoms with van der Waals surface area (Å²) in [5.41, 5.74) is 4.47. The van der Waals surface area contributed by atoms with Crippen molar-refractivity contribution in [2.24, 2.45) is 0 Å². The van der Waals surface area contributed by atoms with Crippen molar-refractivity contribution < 1.29 is 9.53 Å². The van der Waals surface area contributed by atoms with E-state index in [1.54, 1.807) is 0 Å². The molecule has 126 valence electrons. The van der Waals surface area contributed by atoms with E-state index in [0.717, 1.165) is 29.7 Å². The minimum Gasteiger partial charge on any atom is -0.463 e. The number of ether oxygens (including phenoxy) is 1. The summed E-state index contributed by atoms with van der Waals surface area (Å²) >= 11 is 5.98. The molecule has 0 unspecified atom stereocenters. The molecule has 0 aliphatic carbocycles. The Morgan fingerprint density at radius 3 is 2.54 bits per heavy atom. The average molecular weight is 344 g/mol. The van der Waals surface area contributed by atoms with Crippen LogP contribution < -0.4 is 0 Å². The lowest BCUT2D eigenvalue weighted by Gasteiger charge is -2.16. The second-order valence-electron chi connectivity index (χ2n) is 6.20. The van der Waals surface area contributed by atoms with Crippen LogP contribution in [-0.4, -0.2) is 31.0 Å². The van der Waals surface area contributed by atoms with Crippen molar-refractivity contribution in [3.8, 4) is 11.1 Å². The van der Waals surface area contributed by atoms with Crippen molar-refractivity contribution in [3.63, 3.8) is 0 Å². The number of rotatable bonds is 7. The highest BCUT2D eigenvalue weighted by molar-refractivity contribution is 6.30. The van der Waals surface area contributed by atoms with Crippen molar-refractivity contribution in [2.75, 3.05) is 19.6 Å². The lowest BCUT2D eigenvalue weighted by molar-refractivity contribution is -0.129. The summed E-state index contributed by atoms with van der Waals surface area (Å²) in [5.74, 6) is 0. The Morgan fingerprint density at radius 2 is 1.83 bits per heavy atom. The van der Waals surface area contributed by atoms with Crippen LogP contribution in [0.5, 0.6) is 0 Å². The summed E-state index contributed by atoms with van der Waals surface area (Å²) in [7, 11) is 0. The molecule has 1 fully saturated rings. The third kappa shape index (κ3) is 4.37. The Kier molecular flexibility index (Phi) is 5.89. The lowest BCUT2D eigenvalue weighted by Crippen LogP contribution is -2.21. The van der Waals surface area contributed by atoms with Gasteiger partial charge in [0, 0.05) is 11.6 Å². The first kappa shape index (κ1) is 17.0. The van der Waals surface area contributed by atoms with Crippen molar-refractivity contribution in [3.05, 3.63) is 58.6 Å². The normalized spacial score (nSPS) is 14.7. The Bertz CT molecular complexity index is 679. The molecule has 1 heterocycles. The molecule has 0 atom stereocenters. The molecule has 3 rings (SSSR count). The number of hydrogen-bond donors (Lipinski definition) is 0.